The topological polar surface area (TPSA) is 89.1 Å². The number of H-pyrrole nitrogens is 1. The highest BCUT2D eigenvalue weighted by Gasteiger charge is 2.19. The lowest BCUT2D eigenvalue weighted by molar-refractivity contribution is -0.0855. The van der Waals surface area contributed by atoms with Crippen molar-refractivity contribution in [1.29, 1.82) is 0 Å². The number of carbonyl (C=O) groups is 1. The van der Waals surface area contributed by atoms with E-state index in [-0.39, 0.29) is 12.0 Å². The molecule has 2 N–H and O–H groups in total. The molecular weight excluding hydrogens is 272 g/mol. The van der Waals surface area contributed by atoms with E-state index in [0.29, 0.717) is 32.1 Å². The fraction of sp³-hybridized carbons (Fsp3) is 0.357. The maximum atomic E-state index is 12.2. The molecule has 0 aliphatic carbocycles. The van der Waals surface area contributed by atoms with Crippen LogP contribution >= 0.6 is 0 Å². The van der Waals surface area contributed by atoms with Crippen LogP contribution in [0.2, 0.25) is 0 Å². The van der Waals surface area contributed by atoms with E-state index in [0.717, 1.165) is 11.1 Å². The third kappa shape index (κ3) is 3.26. The fourth-order valence-corrected chi connectivity index (χ4v) is 2.16. The van der Waals surface area contributed by atoms with Crippen LogP contribution in [-0.2, 0) is 9.47 Å². The van der Waals surface area contributed by atoms with Gasteiger partial charge in [-0.1, -0.05) is 0 Å². The molecule has 3 rings (SSSR count). The van der Waals surface area contributed by atoms with Crippen molar-refractivity contribution in [3.8, 4) is 11.1 Å². The second-order valence-corrected chi connectivity index (χ2v) is 4.67. The number of nitrogens with one attached hydrogen (secondary N) is 2. The molecule has 0 aromatic carbocycles. The molecule has 7 heteroatoms. The summed E-state index contributed by atoms with van der Waals surface area (Å²) in [5, 5.41) is 9.52. The van der Waals surface area contributed by atoms with E-state index in [9.17, 15) is 4.79 Å². The Balaban J connectivity index is 1.66. The van der Waals surface area contributed by atoms with E-state index in [1.54, 1.807) is 18.6 Å². The van der Waals surface area contributed by atoms with Gasteiger partial charge >= 0.3 is 0 Å². The van der Waals surface area contributed by atoms with Crippen molar-refractivity contribution in [2.45, 2.75) is 6.10 Å². The molecule has 1 fully saturated rings. The number of hydrogen-bond acceptors (Lipinski definition) is 5. The van der Waals surface area contributed by atoms with Gasteiger partial charge in [-0.25, -0.2) is 0 Å². The van der Waals surface area contributed by atoms with E-state index in [2.05, 4.69) is 20.5 Å². The maximum absolute atomic E-state index is 12.2. The summed E-state index contributed by atoms with van der Waals surface area (Å²) >= 11 is 0. The van der Waals surface area contributed by atoms with Crippen molar-refractivity contribution < 1.29 is 14.3 Å². The summed E-state index contributed by atoms with van der Waals surface area (Å²) in [5.74, 6) is -0.214. The molecule has 0 bridgehead atoms. The highest BCUT2D eigenvalue weighted by Crippen LogP contribution is 2.20. The van der Waals surface area contributed by atoms with Gasteiger partial charge in [0, 0.05) is 24.5 Å². The van der Waals surface area contributed by atoms with E-state index in [1.165, 1.54) is 0 Å². The molecule has 0 radical (unpaired) electrons. The third-order valence-corrected chi connectivity index (χ3v) is 3.23. The SMILES string of the molecule is O=C(NCC1COCCO1)c1[nH]ncc1-c1ccncc1. The van der Waals surface area contributed by atoms with Crippen LogP contribution in [0.5, 0.6) is 0 Å². The minimum atomic E-state index is -0.214. The average Bonchev–Trinajstić information content (AvgIpc) is 3.04. The predicted molar refractivity (Wildman–Crippen MR) is 74.7 cm³/mol. The van der Waals surface area contributed by atoms with Gasteiger partial charge in [-0.3, -0.25) is 14.9 Å². The van der Waals surface area contributed by atoms with Crippen molar-refractivity contribution in [2.75, 3.05) is 26.4 Å². The average molecular weight is 288 g/mol. The van der Waals surface area contributed by atoms with E-state index >= 15 is 0 Å². The predicted octanol–water partition coefficient (Wildman–Crippen LogP) is 0.617. The molecule has 1 saturated heterocycles. The molecule has 110 valence electrons. The quantitative estimate of drug-likeness (QED) is 0.860. The largest absolute Gasteiger partial charge is 0.376 e. The van der Waals surface area contributed by atoms with Crippen LogP contribution in [0.4, 0.5) is 0 Å². The Kier molecular flexibility index (Phi) is 4.23. The van der Waals surface area contributed by atoms with Gasteiger partial charge in [0.25, 0.3) is 5.91 Å². The van der Waals surface area contributed by atoms with Crippen LogP contribution in [0.25, 0.3) is 11.1 Å². The van der Waals surface area contributed by atoms with E-state index in [1.807, 2.05) is 12.1 Å². The van der Waals surface area contributed by atoms with E-state index < -0.39 is 0 Å². The van der Waals surface area contributed by atoms with Gasteiger partial charge in [-0.15, -0.1) is 0 Å². The zero-order valence-corrected chi connectivity index (χ0v) is 11.4. The number of pyridine rings is 1. The van der Waals surface area contributed by atoms with Gasteiger partial charge in [0.2, 0.25) is 0 Å². The normalized spacial score (nSPS) is 18.4. The molecule has 1 atom stereocenters. The molecule has 3 heterocycles. The first kappa shape index (κ1) is 13.7. The Morgan fingerprint density at radius 3 is 3.00 bits per heavy atom. The summed E-state index contributed by atoms with van der Waals surface area (Å²) < 4.78 is 10.8. The second-order valence-electron chi connectivity index (χ2n) is 4.67. The van der Waals surface area contributed by atoms with Gasteiger partial charge < -0.3 is 14.8 Å². The summed E-state index contributed by atoms with van der Waals surface area (Å²) in [4.78, 5) is 16.2. The zero-order valence-electron chi connectivity index (χ0n) is 11.4. The second kappa shape index (κ2) is 6.47. The van der Waals surface area contributed by atoms with Crippen molar-refractivity contribution >= 4 is 5.91 Å². The van der Waals surface area contributed by atoms with Crippen molar-refractivity contribution in [3.05, 3.63) is 36.4 Å². The highest BCUT2D eigenvalue weighted by molar-refractivity contribution is 5.98. The summed E-state index contributed by atoms with van der Waals surface area (Å²) in [7, 11) is 0. The monoisotopic (exact) mass is 288 g/mol. The number of nitrogens with zero attached hydrogens (tertiary/aromatic N) is 2. The number of amides is 1. The van der Waals surface area contributed by atoms with E-state index in [4.69, 9.17) is 9.47 Å². The Labute approximate surface area is 121 Å². The Morgan fingerprint density at radius 1 is 1.38 bits per heavy atom. The van der Waals surface area contributed by atoms with Gasteiger partial charge in [0.15, 0.2) is 0 Å². The van der Waals surface area contributed by atoms with Crippen LogP contribution in [0.1, 0.15) is 10.5 Å². The lowest BCUT2D eigenvalue weighted by Crippen LogP contribution is -2.39. The van der Waals surface area contributed by atoms with Crippen LogP contribution in [0.15, 0.2) is 30.7 Å². The Bertz CT molecular complexity index is 593. The first-order valence-electron chi connectivity index (χ1n) is 6.76. The number of ether oxygens (including phenoxy) is 2. The van der Waals surface area contributed by atoms with Gasteiger partial charge in [0.1, 0.15) is 5.69 Å². The smallest absolute Gasteiger partial charge is 0.270 e. The molecule has 1 aliphatic heterocycles. The molecule has 1 amide bonds. The molecule has 0 saturated carbocycles. The highest BCUT2D eigenvalue weighted by atomic mass is 16.6. The van der Waals surface area contributed by atoms with Crippen molar-refractivity contribution in [2.24, 2.45) is 0 Å². The molecule has 1 aliphatic rings. The van der Waals surface area contributed by atoms with Crippen LogP contribution in [0.3, 0.4) is 0 Å². The first-order valence-corrected chi connectivity index (χ1v) is 6.76. The molecule has 2 aromatic heterocycles. The fourth-order valence-electron chi connectivity index (χ4n) is 2.16. The molecule has 7 nitrogen and oxygen atoms in total. The number of rotatable bonds is 4. The number of carbonyl (C=O) groups excluding carboxylic acids is 1. The minimum Gasteiger partial charge on any atom is -0.376 e. The van der Waals surface area contributed by atoms with Gasteiger partial charge in [-0.05, 0) is 17.7 Å². The van der Waals surface area contributed by atoms with Crippen molar-refractivity contribution in [1.82, 2.24) is 20.5 Å². The summed E-state index contributed by atoms with van der Waals surface area (Å²) in [6.07, 6.45) is 4.88. The van der Waals surface area contributed by atoms with Gasteiger partial charge in [0.05, 0.1) is 32.1 Å². The Hall–Kier alpha value is -2.25. The summed E-state index contributed by atoms with van der Waals surface area (Å²) in [5.41, 5.74) is 2.06. The zero-order chi connectivity index (χ0) is 14.5. The maximum Gasteiger partial charge on any atom is 0.270 e. The first-order chi connectivity index (χ1) is 10.3. The number of aromatic nitrogens is 3. The lowest BCUT2D eigenvalue weighted by Gasteiger charge is -2.23. The number of hydrogen-bond donors (Lipinski definition) is 2. The van der Waals surface area contributed by atoms with Crippen molar-refractivity contribution in [3.63, 3.8) is 0 Å². The van der Waals surface area contributed by atoms with Crippen LogP contribution in [-0.4, -0.2) is 53.6 Å². The molecule has 1 unspecified atom stereocenters. The standard InChI is InChI=1S/C14H16N4O3/c19-14(16-7-11-9-20-5-6-21-11)13-12(8-17-18-13)10-1-3-15-4-2-10/h1-4,8,11H,5-7,9H2,(H,16,19)(H,17,18). The molecule has 0 spiro atoms. The lowest BCUT2D eigenvalue weighted by atomic mass is 10.1. The minimum absolute atomic E-state index is 0.102. The number of aromatic amines is 1. The summed E-state index contributed by atoms with van der Waals surface area (Å²) in [6.45, 7) is 2.08. The molecule has 2 aromatic rings. The molecule has 21 heavy (non-hydrogen) atoms. The van der Waals surface area contributed by atoms with Crippen LogP contribution in [0, 0.1) is 0 Å². The third-order valence-electron chi connectivity index (χ3n) is 3.23. The summed E-state index contributed by atoms with van der Waals surface area (Å²) in [6, 6.07) is 3.67. The van der Waals surface area contributed by atoms with Gasteiger partial charge in [-0.2, -0.15) is 5.10 Å². The van der Waals surface area contributed by atoms with Crippen LogP contribution < -0.4 is 5.32 Å². The Morgan fingerprint density at radius 2 is 2.24 bits per heavy atom. The molecular formula is C14H16N4O3.